The first kappa shape index (κ1) is 26.1. The fraction of sp³-hybridized carbons (Fsp3) is 0.214. The van der Waals surface area contributed by atoms with Crippen LogP contribution < -0.4 is 21.2 Å². The standard InChI is InChI=1S/C28H30ClN5O3/c1-19(12-13-30-2)16-33-25(18-32(3)17-20-8-7-9-21(14-20)37-4)27-23(15-26(33)35)31-34(28(27)36)24-11-6-5-10-22(24)29/h5-15,30-31H,1,16-18H2,2-4H3/b13-12-. The SMILES string of the molecule is C=C(/C=C\NC)Cn1c(CN(C)Cc2cccc(OC)c2)c2c(=O)n(-c3ccccc3Cl)[nH]c2cc1=O. The van der Waals surface area contributed by atoms with Crippen molar-refractivity contribution in [3.05, 3.63) is 116 Å². The molecule has 2 heterocycles. The first-order valence-corrected chi connectivity index (χ1v) is 12.2. The summed E-state index contributed by atoms with van der Waals surface area (Å²) in [5.41, 5.74) is 2.82. The van der Waals surface area contributed by atoms with Gasteiger partial charge in [-0.25, -0.2) is 4.68 Å². The van der Waals surface area contributed by atoms with Crippen molar-refractivity contribution < 1.29 is 4.74 Å². The topological polar surface area (TPSA) is 84.3 Å². The summed E-state index contributed by atoms with van der Waals surface area (Å²) < 4.78 is 8.35. The van der Waals surface area contributed by atoms with Crippen molar-refractivity contribution in [1.29, 1.82) is 0 Å². The normalized spacial score (nSPS) is 11.5. The largest absolute Gasteiger partial charge is 0.497 e. The Morgan fingerprint density at radius 3 is 2.68 bits per heavy atom. The van der Waals surface area contributed by atoms with Crippen molar-refractivity contribution in [2.24, 2.45) is 0 Å². The van der Waals surface area contributed by atoms with Crippen molar-refractivity contribution in [1.82, 2.24) is 24.6 Å². The molecular weight excluding hydrogens is 490 g/mol. The Bertz CT molecular complexity index is 1580. The number of nitrogens with one attached hydrogen (secondary N) is 2. The highest BCUT2D eigenvalue weighted by molar-refractivity contribution is 6.32. The Morgan fingerprint density at radius 1 is 1.16 bits per heavy atom. The molecule has 192 valence electrons. The second-order valence-corrected chi connectivity index (χ2v) is 9.22. The quantitative estimate of drug-likeness (QED) is 0.309. The van der Waals surface area contributed by atoms with E-state index in [0.29, 0.717) is 40.4 Å². The minimum absolute atomic E-state index is 0.233. The molecule has 2 aromatic carbocycles. The maximum absolute atomic E-state index is 13.7. The number of halogens is 1. The molecule has 0 fully saturated rings. The van der Waals surface area contributed by atoms with Crippen molar-refractivity contribution in [2.75, 3.05) is 21.2 Å². The van der Waals surface area contributed by atoms with Gasteiger partial charge >= 0.3 is 0 Å². The summed E-state index contributed by atoms with van der Waals surface area (Å²) in [5, 5.41) is 6.87. The van der Waals surface area contributed by atoms with Crippen LogP contribution in [0.15, 0.2) is 88.6 Å². The number of methoxy groups -OCH3 is 1. The van der Waals surface area contributed by atoms with Gasteiger partial charge in [-0.3, -0.25) is 19.6 Å². The molecular formula is C28H30ClN5O3. The smallest absolute Gasteiger partial charge is 0.280 e. The maximum Gasteiger partial charge on any atom is 0.280 e. The zero-order valence-corrected chi connectivity index (χ0v) is 21.9. The van der Waals surface area contributed by atoms with Gasteiger partial charge in [0.15, 0.2) is 0 Å². The third-order valence-corrected chi connectivity index (χ3v) is 6.33. The minimum Gasteiger partial charge on any atom is -0.497 e. The molecule has 0 saturated heterocycles. The first-order chi connectivity index (χ1) is 17.8. The fourth-order valence-electron chi connectivity index (χ4n) is 4.30. The molecule has 0 bridgehead atoms. The fourth-order valence-corrected chi connectivity index (χ4v) is 4.52. The highest BCUT2D eigenvalue weighted by Gasteiger charge is 2.20. The van der Waals surface area contributed by atoms with Crippen LogP contribution in [0, 0.1) is 0 Å². The summed E-state index contributed by atoms with van der Waals surface area (Å²) in [4.78, 5) is 29.1. The zero-order chi connectivity index (χ0) is 26.5. The number of H-pyrrole nitrogens is 1. The second kappa shape index (κ2) is 11.4. The first-order valence-electron chi connectivity index (χ1n) is 11.8. The molecule has 0 spiro atoms. The van der Waals surface area contributed by atoms with Gasteiger partial charge < -0.3 is 14.6 Å². The van der Waals surface area contributed by atoms with Crippen molar-refractivity contribution in [3.63, 3.8) is 0 Å². The Labute approximate surface area is 220 Å². The van der Waals surface area contributed by atoms with Crippen LogP contribution >= 0.6 is 11.6 Å². The van der Waals surface area contributed by atoms with Crippen molar-refractivity contribution in [2.45, 2.75) is 19.6 Å². The monoisotopic (exact) mass is 519 g/mol. The molecule has 0 amide bonds. The molecule has 2 N–H and O–H groups in total. The number of pyridine rings is 1. The lowest BCUT2D eigenvalue weighted by Gasteiger charge is -2.21. The molecule has 2 aromatic heterocycles. The Kier molecular flexibility index (Phi) is 8.01. The van der Waals surface area contributed by atoms with E-state index in [4.69, 9.17) is 16.3 Å². The van der Waals surface area contributed by atoms with E-state index in [1.165, 1.54) is 10.7 Å². The van der Waals surface area contributed by atoms with Gasteiger partial charge in [0.1, 0.15) is 5.75 Å². The Balaban J connectivity index is 1.83. The predicted molar refractivity (Wildman–Crippen MR) is 149 cm³/mol. The molecule has 0 radical (unpaired) electrons. The lowest BCUT2D eigenvalue weighted by molar-refractivity contribution is 0.309. The number of hydrogen-bond donors (Lipinski definition) is 2. The number of aromatic amines is 1. The van der Waals surface area contributed by atoms with Crippen molar-refractivity contribution in [3.8, 4) is 11.4 Å². The molecule has 9 heteroatoms. The third kappa shape index (κ3) is 5.71. The van der Waals surface area contributed by atoms with Gasteiger partial charge in [0.05, 0.1) is 41.0 Å². The minimum atomic E-state index is -0.280. The number of ether oxygens (including phenoxy) is 1. The lowest BCUT2D eigenvalue weighted by atomic mass is 10.1. The van der Waals surface area contributed by atoms with Gasteiger partial charge in [-0.2, -0.15) is 0 Å². The maximum atomic E-state index is 13.7. The van der Waals surface area contributed by atoms with Crippen LogP contribution in [0.25, 0.3) is 16.6 Å². The summed E-state index contributed by atoms with van der Waals surface area (Å²) in [6.45, 7) is 5.26. The number of rotatable bonds is 10. The van der Waals surface area contributed by atoms with Crippen LogP contribution in [0.2, 0.25) is 5.02 Å². The van der Waals surface area contributed by atoms with Gasteiger partial charge in [-0.15, -0.1) is 0 Å². The number of para-hydroxylation sites is 1. The molecule has 4 rings (SSSR count). The van der Waals surface area contributed by atoms with Gasteiger partial charge in [-0.05, 0) is 54.7 Å². The number of aromatic nitrogens is 3. The van der Waals surface area contributed by atoms with Gasteiger partial charge in [0, 0.05) is 26.2 Å². The highest BCUT2D eigenvalue weighted by Crippen LogP contribution is 2.22. The van der Waals surface area contributed by atoms with Crippen LogP contribution in [-0.2, 0) is 19.6 Å². The summed E-state index contributed by atoms with van der Waals surface area (Å²) in [6.07, 6.45) is 3.56. The molecule has 4 aromatic rings. The van der Waals surface area contributed by atoms with E-state index < -0.39 is 0 Å². The molecule has 0 aliphatic heterocycles. The van der Waals surface area contributed by atoms with Gasteiger partial charge in [0.25, 0.3) is 11.1 Å². The van der Waals surface area contributed by atoms with E-state index in [2.05, 4.69) is 21.9 Å². The average Bonchev–Trinajstić information content (AvgIpc) is 3.20. The van der Waals surface area contributed by atoms with Crippen LogP contribution in [0.3, 0.4) is 0 Å². The van der Waals surface area contributed by atoms with Gasteiger partial charge in [-0.1, -0.05) is 42.4 Å². The molecule has 37 heavy (non-hydrogen) atoms. The summed E-state index contributed by atoms with van der Waals surface area (Å²) in [6, 6.07) is 16.3. The second-order valence-electron chi connectivity index (χ2n) is 8.81. The van der Waals surface area contributed by atoms with Crippen LogP contribution in [0.5, 0.6) is 5.75 Å². The van der Waals surface area contributed by atoms with Crippen LogP contribution in [0.1, 0.15) is 11.3 Å². The van der Waals surface area contributed by atoms with E-state index >= 15 is 0 Å². The van der Waals surface area contributed by atoms with E-state index in [9.17, 15) is 9.59 Å². The summed E-state index contributed by atoms with van der Waals surface area (Å²) >= 11 is 6.39. The molecule has 0 saturated carbocycles. The Morgan fingerprint density at radius 2 is 1.95 bits per heavy atom. The van der Waals surface area contributed by atoms with Gasteiger partial charge in [0.2, 0.25) is 0 Å². The third-order valence-electron chi connectivity index (χ3n) is 6.01. The molecule has 0 atom stereocenters. The number of benzene rings is 2. The average molecular weight is 520 g/mol. The molecule has 8 nitrogen and oxygen atoms in total. The molecule has 0 unspecified atom stereocenters. The number of nitrogens with zero attached hydrogens (tertiary/aromatic N) is 3. The van der Waals surface area contributed by atoms with E-state index in [-0.39, 0.29) is 17.7 Å². The molecule has 0 aliphatic carbocycles. The number of hydrogen-bond acceptors (Lipinski definition) is 5. The Hall–Kier alpha value is -4.01. The van der Waals surface area contributed by atoms with E-state index in [1.54, 1.807) is 55.3 Å². The van der Waals surface area contributed by atoms with Crippen molar-refractivity contribution >= 4 is 22.5 Å². The number of allylic oxidation sites excluding steroid dienone is 2. The highest BCUT2D eigenvalue weighted by atomic mass is 35.5. The predicted octanol–water partition coefficient (Wildman–Crippen LogP) is 4.06. The summed E-state index contributed by atoms with van der Waals surface area (Å²) in [7, 11) is 5.37. The van der Waals surface area contributed by atoms with E-state index in [1.807, 2.05) is 31.3 Å². The van der Waals surface area contributed by atoms with Crippen LogP contribution in [-0.4, -0.2) is 40.5 Å². The summed E-state index contributed by atoms with van der Waals surface area (Å²) in [5.74, 6) is 0.769. The zero-order valence-electron chi connectivity index (χ0n) is 21.1. The molecule has 0 aliphatic rings. The lowest BCUT2D eigenvalue weighted by Crippen LogP contribution is -2.29. The van der Waals surface area contributed by atoms with Crippen LogP contribution in [0.4, 0.5) is 0 Å². The number of fused-ring (bicyclic) bond motifs is 1. The van der Waals surface area contributed by atoms with E-state index in [0.717, 1.165) is 16.9 Å².